The lowest BCUT2D eigenvalue weighted by Crippen LogP contribution is -2.34. The molecule has 1 aliphatic rings. The van der Waals surface area contributed by atoms with Crippen LogP contribution < -0.4 is 5.32 Å². The summed E-state index contributed by atoms with van der Waals surface area (Å²) in [5.41, 5.74) is 2.08. The minimum atomic E-state index is 0. The normalized spacial score (nSPS) is 18.5. The molecule has 1 saturated heterocycles. The average Bonchev–Trinajstić information content (AvgIpc) is 2.96. The molecular weight excluding hydrogens is 272 g/mol. The molecule has 1 fully saturated rings. The fourth-order valence-electron chi connectivity index (χ4n) is 2.61. The van der Waals surface area contributed by atoms with Crippen molar-refractivity contribution in [3.63, 3.8) is 0 Å². The van der Waals surface area contributed by atoms with Gasteiger partial charge in [-0.05, 0) is 25.8 Å². The molecule has 1 aliphatic heterocycles. The van der Waals surface area contributed by atoms with Crippen molar-refractivity contribution in [1.82, 2.24) is 20.3 Å². The number of nitrogens with zero attached hydrogens (tertiary/aromatic N) is 3. The van der Waals surface area contributed by atoms with Gasteiger partial charge in [-0.15, -0.1) is 17.5 Å². The summed E-state index contributed by atoms with van der Waals surface area (Å²) >= 11 is 0. The Labute approximate surface area is 126 Å². The van der Waals surface area contributed by atoms with E-state index in [1.165, 1.54) is 19.3 Å². The molecular formula is C15H21ClN4. The van der Waals surface area contributed by atoms with Crippen LogP contribution in [0.3, 0.4) is 0 Å². The Hall–Kier alpha value is -1.39. The third-order valence-corrected chi connectivity index (χ3v) is 3.73. The van der Waals surface area contributed by atoms with Gasteiger partial charge in [-0.3, -0.25) is 4.68 Å². The molecule has 2 heterocycles. The van der Waals surface area contributed by atoms with Gasteiger partial charge in [0.15, 0.2) is 0 Å². The number of halogens is 1. The lowest BCUT2D eigenvalue weighted by Gasteiger charge is -2.23. The van der Waals surface area contributed by atoms with Crippen LogP contribution in [-0.4, -0.2) is 27.6 Å². The van der Waals surface area contributed by atoms with Crippen molar-refractivity contribution in [2.75, 3.05) is 6.54 Å². The molecule has 4 nitrogen and oxygen atoms in total. The third-order valence-electron chi connectivity index (χ3n) is 3.73. The molecule has 5 heteroatoms. The maximum Gasteiger partial charge on any atom is 0.113 e. The summed E-state index contributed by atoms with van der Waals surface area (Å²) in [6.07, 6.45) is 7.14. The molecule has 0 spiro atoms. The zero-order valence-electron chi connectivity index (χ0n) is 11.5. The first-order valence-electron chi connectivity index (χ1n) is 7.11. The first kappa shape index (κ1) is 15.0. The summed E-state index contributed by atoms with van der Waals surface area (Å²) in [7, 11) is 0. The lowest BCUT2D eigenvalue weighted by molar-refractivity contribution is 0.359. The first-order valence-corrected chi connectivity index (χ1v) is 7.11. The van der Waals surface area contributed by atoms with Gasteiger partial charge >= 0.3 is 0 Å². The molecule has 1 unspecified atom stereocenters. The van der Waals surface area contributed by atoms with Crippen molar-refractivity contribution in [3.8, 4) is 11.3 Å². The lowest BCUT2D eigenvalue weighted by atomic mass is 10.0. The van der Waals surface area contributed by atoms with Crippen LogP contribution in [0.25, 0.3) is 11.3 Å². The van der Waals surface area contributed by atoms with E-state index in [2.05, 4.69) is 27.8 Å². The third kappa shape index (κ3) is 3.81. The molecule has 1 aromatic carbocycles. The first-order chi connectivity index (χ1) is 9.42. The summed E-state index contributed by atoms with van der Waals surface area (Å²) < 4.78 is 1.96. The van der Waals surface area contributed by atoms with E-state index in [-0.39, 0.29) is 12.4 Å². The topological polar surface area (TPSA) is 42.7 Å². The van der Waals surface area contributed by atoms with Crippen LogP contribution in [0.4, 0.5) is 0 Å². The van der Waals surface area contributed by atoms with E-state index in [9.17, 15) is 0 Å². The summed E-state index contributed by atoms with van der Waals surface area (Å²) in [6.45, 7) is 2.11. The molecule has 0 aliphatic carbocycles. The van der Waals surface area contributed by atoms with E-state index >= 15 is 0 Å². The highest BCUT2D eigenvalue weighted by Gasteiger charge is 2.12. The monoisotopic (exact) mass is 292 g/mol. The van der Waals surface area contributed by atoms with Crippen molar-refractivity contribution in [1.29, 1.82) is 0 Å². The van der Waals surface area contributed by atoms with Crippen molar-refractivity contribution in [3.05, 3.63) is 36.5 Å². The van der Waals surface area contributed by atoms with E-state index in [0.29, 0.717) is 6.04 Å². The number of benzene rings is 1. The fourth-order valence-corrected chi connectivity index (χ4v) is 2.61. The van der Waals surface area contributed by atoms with Gasteiger partial charge in [-0.1, -0.05) is 42.0 Å². The Morgan fingerprint density at radius 2 is 2.05 bits per heavy atom. The van der Waals surface area contributed by atoms with Gasteiger partial charge in [0, 0.05) is 18.2 Å². The Balaban J connectivity index is 0.00000147. The predicted molar refractivity (Wildman–Crippen MR) is 83.0 cm³/mol. The average molecular weight is 293 g/mol. The van der Waals surface area contributed by atoms with Crippen LogP contribution in [0.2, 0.25) is 0 Å². The van der Waals surface area contributed by atoms with Gasteiger partial charge in [0.05, 0.1) is 6.20 Å². The number of nitrogens with one attached hydrogen (secondary N) is 1. The second kappa shape index (κ2) is 7.41. The molecule has 1 N–H and O–H groups in total. The number of hydrogen-bond donors (Lipinski definition) is 1. The fraction of sp³-hybridized carbons (Fsp3) is 0.467. The molecule has 1 aromatic heterocycles. The van der Waals surface area contributed by atoms with Crippen LogP contribution in [0.1, 0.15) is 25.7 Å². The van der Waals surface area contributed by atoms with Crippen LogP contribution in [0.15, 0.2) is 36.5 Å². The molecule has 0 bridgehead atoms. The Morgan fingerprint density at radius 1 is 1.20 bits per heavy atom. The van der Waals surface area contributed by atoms with Crippen molar-refractivity contribution in [2.45, 2.75) is 38.3 Å². The van der Waals surface area contributed by atoms with E-state index in [0.717, 1.165) is 30.8 Å². The molecule has 0 radical (unpaired) electrons. The van der Waals surface area contributed by atoms with Crippen molar-refractivity contribution in [2.24, 2.45) is 0 Å². The van der Waals surface area contributed by atoms with Crippen LogP contribution in [0.5, 0.6) is 0 Å². The largest absolute Gasteiger partial charge is 0.314 e. The van der Waals surface area contributed by atoms with E-state index in [1.807, 2.05) is 29.1 Å². The van der Waals surface area contributed by atoms with Gasteiger partial charge in [0.1, 0.15) is 5.69 Å². The van der Waals surface area contributed by atoms with Gasteiger partial charge < -0.3 is 5.32 Å². The molecule has 108 valence electrons. The number of aryl methyl sites for hydroxylation is 1. The quantitative estimate of drug-likeness (QED) is 0.942. The summed E-state index contributed by atoms with van der Waals surface area (Å²) in [6, 6.07) is 10.9. The maximum absolute atomic E-state index is 4.24. The second-order valence-electron chi connectivity index (χ2n) is 5.17. The minimum Gasteiger partial charge on any atom is -0.314 e. The number of hydrogen-bond acceptors (Lipinski definition) is 3. The Kier molecular flexibility index (Phi) is 5.56. The molecule has 2 aromatic rings. The van der Waals surface area contributed by atoms with Gasteiger partial charge in [0.25, 0.3) is 0 Å². The smallest absolute Gasteiger partial charge is 0.113 e. The van der Waals surface area contributed by atoms with Crippen LogP contribution >= 0.6 is 12.4 Å². The molecule has 0 saturated carbocycles. The van der Waals surface area contributed by atoms with E-state index in [4.69, 9.17) is 0 Å². The zero-order chi connectivity index (χ0) is 12.9. The Bertz CT molecular complexity index is 506. The molecule has 3 rings (SSSR count). The summed E-state index contributed by atoms with van der Waals surface area (Å²) in [5, 5.41) is 12.0. The summed E-state index contributed by atoms with van der Waals surface area (Å²) in [5.74, 6) is 0. The van der Waals surface area contributed by atoms with Gasteiger partial charge in [-0.25, -0.2) is 0 Å². The highest BCUT2D eigenvalue weighted by Crippen LogP contribution is 2.16. The van der Waals surface area contributed by atoms with E-state index in [1.54, 1.807) is 0 Å². The highest BCUT2D eigenvalue weighted by atomic mass is 35.5. The molecule has 20 heavy (non-hydrogen) atoms. The second-order valence-corrected chi connectivity index (χ2v) is 5.17. The van der Waals surface area contributed by atoms with Gasteiger partial charge in [0.2, 0.25) is 0 Å². The number of piperidine rings is 1. The van der Waals surface area contributed by atoms with Crippen molar-refractivity contribution < 1.29 is 0 Å². The summed E-state index contributed by atoms with van der Waals surface area (Å²) in [4.78, 5) is 0. The SMILES string of the molecule is Cl.c1ccc(-c2cn(CCC3CCCCN3)nn2)cc1. The van der Waals surface area contributed by atoms with E-state index < -0.39 is 0 Å². The number of rotatable bonds is 4. The van der Waals surface area contributed by atoms with Gasteiger partial charge in [-0.2, -0.15) is 0 Å². The van der Waals surface area contributed by atoms with Crippen molar-refractivity contribution >= 4 is 12.4 Å². The Morgan fingerprint density at radius 3 is 2.80 bits per heavy atom. The maximum atomic E-state index is 4.24. The minimum absolute atomic E-state index is 0. The standard InChI is InChI=1S/C15H20N4.ClH/c1-2-6-13(7-3-1)15-12-19(18-17-15)11-9-14-8-4-5-10-16-14;/h1-3,6-7,12,14,16H,4-5,8-11H2;1H. The molecule has 0 amide bonds. The predicted octanol–water partition coefficient (Wildman–Crippen LogP) is 2.90. The van der Waals surface area contributed by atoms with Crippen LogP contribution in [0, 0.1) is 0 Å². The number of aromatic nitrogens is 3. The van der Waals surface area contributed by atoms with Crippen LogP contribution in [-0.2, 0) is 6.54 Å². The zero-order valence-corrected chi connectivity index (χ0v) is 12.4. The molecule has 1 atom stereocenters. The highest BCUT2D eigenvalue weighted by molar-refractivity contribution is 5.85.